The van der Waals surface area contributed by atoms with Crippen molar-refractivity contribution in [2.24, 2.45) is 5.73 Å². The Hall–Kier alpha value is -4.10. The van der Waals surface area contributed by atoms with Gasteiger partial charge in [-0.05, 0) is 45.9 Å². The van der Waals surface area contributed by atoms with Gasteiger partial charge < -0.3 is 19.9 Å². The molecular formula is C28H26BrN3O6. The summed E-state index contributed by atoms with van der Waals surface area (Å²) in [6.45, 7) is 6.32. The van der Waals surface area contributed by atoms with Crippen LogP contribution in [0.15, 0.2) is 70.0 Å². The number of nitrogens with two attached hydrogens (primary N) is 1. The van der Waals surface area contributed by atoms with E-state index in [1.54, 1.807) is 76.2 Å². The fraction of sp³-hybridized carbons (Fsp3) is 0.286. The Morgan fingerprint density at radius 2 is 1.87 bits per heavy atom. The molecule has 1 unspecified atom stereocenters. The maximum Gasteiger partial charge on any atom is 0.339 e. The second-order valence-electron chi connectivity index (χ2n) is 9.63. The number of fused-ring (bicyclic) bond motifs is 2. The normalized spacial score (nSPS) is 18.7. The van der Waals surface area contributed by atoms with Gasteiger partial charge in [0.15, 0.2) is 5.41 Å². The van der Waals surface area contributed by atoms with E-state index in [2.05, 4.69) is 15.9 Å². The molecule has 196 valence electrons. The average molecular weight is 580 g/mol. The highest BCUT2D eigenvalue weighted by Crippen LogP contribution is 2.56. The second kappa shape index (κ2) is 9.99. The minimum absolute atomic E-state index is 0.00270. The molecule has 0 radical (unpaired) electrons. The maximum absolute atomic E-state index is 14.5. The number of anilines is 1. The summed E-state index contributed by atoms with van der Waals surface area (Å²) in [5, 5.41) is 10.3. The first-order valence-electron chi connectivity index (χ1n) is 11.8. The van der Waals surface area contributed by atoms with Crippen molar-refractivity contribution in [2.45, 2.75) is 38.7 Å². The predicted octanol–water partition coefficient (Wildman–Crippen LogP) is 4.07. The molecule has 0 aromatic heterocycles. The van der Waals surface area contributed by atoms with Gasteiger partial charge in [0.2, 0.25) is 11.8 Å². The van der Waals surface area contributed by atoms with Gasteiger partial charge in [0.05, 0.1) is 6.61 Å². The zero-order valence-corrected chi connectivity index (χ0v) is 22.9. The van der Waals surface area contributed by atoms with Crippen LogP contribution in [0.2, 0.25) is 0 Å². The summed E-state index contributed by atoms with van der Waals surface area (Å²) in [6, 6.07) is 15.6. The van der Waals surface area contributed by atoms with E-state index in [1.807, 2.05) is 6.07 Å². The van der Waals surface area contributed by atoms with Crippen molar-refractivity contribution in [1.29, 1.82) is 5.26 Å². The number of carbonyl (C=O) groups excluding carboxylic acids is 3. The Labute approximate surface area is 228 Å². The summed E-state index contributed by atoms with van der Waals surface area (Å²) in [5.41, 5.74) is 4.01. The van der Waals surface area contributed by atoms with Crippen molar-refractivity contribution in [3.05, 3.63) is 81.2 Å². The minimum Gasteiger partial charge on any atom is -0.462 e. The number of ether oxygens (including phenoxy) is 3. The molecule has 4 rings (SSSR count). The third-order valence-corrected chi connectivity index (χ3v) is 6.48. The van der Waals surface area contributed by atoms with Crippen molar-refractivity contribution < 1.29 is 28.6 Å². The lowest BCUT2D eigenvalue weighted by Crippen LogP contribution is -2.49. The molecule has 2 N–H and O–H groups in total. The lowest BCUT2D eigenvalue weighted by atomic mass is 9.67. The molecule has 2 aromatic rings. The summed E-state index contributed by atoms with van der Waals surface area (Å²) in [5.74, 6) is -2.60. The Morgan fingerprint density at radius 1 is 1.18 bits per heavy atom. The van der Waals surface area contributed by atoms with Crippen LogP contribution in [0.3, 0.4) is 0 Å². The molecule has 9 nitrogen and oxygen atoms in total. The van der Waals surface area contributed by atoms with Crippen LogP contribution in [0.25, 0.3) is 5.76 Å². The van der Waals surface area contributed by atoms with Crippen LogP contribution in [0.5, 0.6) is 0 Å². The molecule has 2 aliphatic heterocycles. The van der Waals surface area contributed by atoms with Crippen molar-refractivity contribution >= 4 is 45.2 Å². The van der Waals surface area contributed by atoms with E-state index in [0.717, 1.165) is 0 Å². The van der Waals surface area contributed by atoms with Crippen molar-refractivity contribution in [1.82, 2.24) is 0 Å². The SMILES string of the molecule is CCOC(=O)C1=C(c2ccccc2)OC(N)=C(C#N)C12C(=O)N(CC(=O)OC(C)(C)C)c1ccc(Br)cc12. The predicted molar refractivity (Wildman–Crippen MR) is 142 cm³/mol. The number of nitrogens with zero attached hydrogens (tertiary/aromatic N) is 2. The van der Waals surface area contributed by atoms with Gasteiger partial charge in [-0.1, -0.05) is 46.3 Å². The highest BCUT2D eigenvalue weighted by molar-refractivity contribution is 9.10. The monoisotopic (exact) mass is 579 g/mol. The summed E-state index contributed by atoms with van der Waals surface area (Å²) >= 11 is 3.43. The first-order chi connectivity index (χ1) is 17.9. The minimum atomic E-state index is -2.03. The molecule has 2 aliphatic rings. The van der Waals surface area contributed by atoms with Crippen LogP contribution >= 0.6 is 15.9 Å². The Bertz CT molecular complexity index is 1430. The number of rotatable bonds is 5. The smallest absolute Gasteiger partial charge is 0.339 e. The van der Waals surface area contributed by atoms with Gasteiger partial charge in [-0.2, -0.15) is 5.26 Å². The average Bonchev–Trinajstić information content (AvgIpc) is 3.06. The molecular weight excluding hydrogens is 554 g/mol. The topological polar surface area (TPSA) is 132 Å². The Kier molecular flexibility index (Phi) is 7.08. The van der Waals surface area contributed by atoms with Gasteiger partial charge in [0.25, 0.3) is 0 Å². The maximum atomic E-state index is 14.5. The van der Waals surface area contributed by atoms with Gasteiger partial charge in [0.1, 0.15) is 35.1 Å². The van der Waals surface area contributed by atoms with Crippen LogP contribution in [-0.2, 0) is 34.0 Å². The van der Waals surface area contributed by atoms with Crippen molar-refractivity contribution in [3.8, 4) is 6.07 Å². The second-order valence-corrected chi connectivity index (χ2v) is 10.5. The molecule has 1 atom stereocenters. The Balaban J connectivity index is 2.06. The molecule has 38 heavy (non-hydrogen) atoms. The summed E-state index contributed by atoms with van der Waals surface area (Å²) in [7, 11) is 0. The largest absolute Gasteiger partial charge is 0.462 e. The molecule has 0 aliphatic carbocycles. The van der Waals surface area contributed by atoms with Gasteiger partial charge in [-0.3, -0.25) is 14.5 Å². The van der Waals surface area contributed by atoms with Crippen LogP contribution in [0.4, 0.5) is 5.69 Å². The first kappa shape index (κ1) is 26.9. The summed E-state index contributed by atoms with van der Waals surface area (Å²) in [6.07, 6.45) is 0. The molecule has 1 spiro atoms. The third-order valence-electron chi connectivity index (χ3n) is 5.99. The number of halogens is 1. The molecule has 2 heterocycles. The van der Waals surface area contributed by atoms with E-state index in [1.165, 1.54) is 4.90 Å². The fourth-order valence-electron chi connectivity index (χ4n) is 4.69. The number of hydrogen-bond acceptors (Lipinski definition) is 8. The van der Waals surface area contributed by atoms with E-state index >= 15 is 0 Å². The molecule has 10 heteroatoms. The molecule has 0 fully saturated rings. The third kappa shape index (κ3) is 4.43. The molecule has 0 bridgehead atoms. The lowest BCUT2D eigenvalue weighted by Gasteiger charge is -2.35. The van der Waals surface area contributed by atoms with Gasteiger partial charge in [0, 0.05) is 21.3 Å². The highest BCUT2D eigenvalue weighted by atomic mass is 79.9. The van der Waals surface area contributed by atoms with Crippen molar-refractivity contribution in [2.75, 3.05) is 18.1 Å². The first-order valence-corrected chi connectivity index (χ1v) is 12.6. The number of carbonyl (C=O) groups is 3. The molecule has 1 amide bonds. The summed E-state index contributed by atoms with van der Waals surface area (Å²) in [4.78, 5) is 42.3. The molecule has 0 saturated carbocycles. The number of amides is 1. The van der Waals surface area contributed by atoms with Crippen LogP contribution in [0.1, 0.15) is 38.8 Å². The number of esters is 2. The number of nitriles is 1. The molecule has 2 aromatic carbocycles. The van der Waals surface area contributed by atoms with E-state index < -0.39 is 35.4 Å². The summed E-state index contributed by atoms with van der Waals surface area (Å²) < 4.78 is 17.3. The standard InChI is InChI=1S/C28H26BrN3O6/c1-5-36-25(34)22-23(16-9-7-6-8-10-16)37-24(31)19(14-30)28(22)18-13-17(29)11-12-20(18)32(26(28)35)15-21(33)38-27(2,3)4/h6-13H,5,15,31H2,1-4H3. The lowest BCUT2D eigenvalue weighted by molar-refractivity contribution is -0.153. The van der Waals surface area contributed by atoms with E-state index in [0.29, 0.717) is 15.7 Å². The van der Waals surface area contributed by atoms with E-state index in [9.17, 15) is 19.6 Å². The molecule has 0 saturated heterocycles. The highest BCUT2D eigenvalue weighted by Gasteiger charge is 2.63. The zero-order chi connectivity index (χ0) is 27.8. The quantitative estimate of drug-likeness (QED) is 0.524. The van der Waals surface area contributed by atoms with Crippen LogP contribution < -0.4 is 10.6 Å². The van der Waals surface area contributed by atoms with Crippen molar-refractivity contribution in [3.63, 3.8) is 0 Å². The Morgan fingerprint density at radius 3 is 2.47 bits per heavy atom. The van der Waals surface area contributed by atoms with Gasteiger partial charge in [-0.25, -0.2) is 4.79 Å². The number of hydrogen-bond donors (Lipinski definition) is 1. The van der Waals surface area contributed by atoms with Gasteiger partial charge >= 0.3 is 11.9 Å². The zero-order valence-electron chi connectivity index (χ0n) is 21.3. The van der Waals surface area contributed by atoms with Crippen LogP contribution in [-0.4, -0.2) is 36.6 Å². The number of benzene rings is 2. The van der Waals surface area contributed by atoms with Crippen LogP contribution in [0, 0.1) is 11.3 Å². The van der Waals surface area contributed by atoms with E-state index in [-0.39, 0.29) is 35.0 Å². The van der Waals surface area contributed by atoms with Gasteiger partial charge in [-0.15, -0.1) is 0 Å². The fourth-order valence-corrected chi connectivity index (χ4v) is 5.05. The van der Waals surface area contributed by atoms with E-state index in [4.69, 9.17) is 19.9 Å².